The van der Waals surface area contributed by atoms with Gasteiger partial charge in [0, 0.05) is 12.5 Å². The Hall–Kier alpha value is -1.02. The molecule has 4 unspecified atom stereocenters. The van der Waals surface area contributed by atoms with Crippen LogP contribution in [-0.4, -0.2) is 18.7 Å². The highest BCUT2D eigenvalue weighted by molar-refractivity contribution is 5.37. The average Bonchev–Trinajstić information content (AvgIpc) is 2.96. The summed E-state index contributed by atoms with van der Waals surface area (Å²) in [5.74, 6) is 2.72. The molecule has 104 valence electrons. The fraction of sp³-hybridized carbons (Fsp3) is 0.647. The number of hydrogen-bond donors (Lipinski definition) is 1. The molecular formula is C17H25NO. The fourth-order valence-corrected chi connectivity index (χ4v) is 3.85. The van der Waals surface area contributed by atoms with E-state index in [2.05, 4.69) is 43.4 Å². The maximum absolute atomic E-state index is 6.09. The molecule has 0 saturated heterocycles. The van der Waals surface area contributed by atoms with Gasteiger partial charge in [-0.3, -0.25) is 0 Å². The first-order valence-electron chi connectivity index (χ1n) is 7.76. The van der Waals surface area contributed by atoms with E-state index in [0.717, 1.165) is 36.6 Å². The number of para-hydroxylation sites is 1. The van der Waals surface area contributed by atoms with Crippen molar-refractivity contribution < 1.29 is 4.74 Å². The Morgan fingerprint density at radius 1 is 1.26 bits per heavy atom. The molecule has 2 nitrogen and oxygen atoms in total. The minimum Gasteiger partial charge on any atom is -0.490 e. The molecular weight excluding hydrogens is 234 g/mol. The molecule has 3 rings (SSSR count). The fourth-order valence-electron chi connectivity index (χ4n) is 3.85. The van der Waals surface area contributed by atoms with Crippen LogP contribution in [0.4, 0.5) is 0 Å². The van der Waals surface area contributed by atoms with Crippen LogP contribution in [0.3, 0.4) is 0 Å². The van der Waals surface area contributed by atoms with Gasteiger partial charge in [0.1, 0.15) is 11.9 Å². The van der Waals surface area contributed by atoms with E-state index in [9.17, 15) is 0 Å². The van der Waals surface area contributed by atoms with E-state index in [1.807, 2.05) is 0 Å². The monoisotopic (exact) mass is 259 g/mol. The van der Waals surface area contributed by atoms with Crippen molar-refractivity contribution in [2.45, 2.75) is 51.7 Å². The van der Waals surface area contributed by atoms with Gasteiger partial charge in [-0.2, -0.15) is 0 Å². The Kier molecular flexibility index (Phi) is 3.79. The first-order chi connectivity index (χ1) is 9.28. The molecule has 0 aromatic heterocycles. The van der Waals surface area contributed by atoms with Crippen LogP contribution in [-0.2, 0) is 6.42 Å². The van der Waals surface area contributed by atoms with Gasteiger partial charge in [0.15, 0.2) is 0 Å². The highest BCUT2D eigenvalue weighted by Gasteiger charge is 2.35. The van der Waals surface area contributed by atoms with Crippen LogP contribution in [0.1, 0.15) is 38.7 Å². The molecule has 1 aliphatic carbocycles. The predicted octanol–water partition coefficient (Wildman–Crippen LogP) is 3.40. The van der Waals surface area contributed by atoms with Gasteiger partial charge < -0.3 is 10.1 Å². The third kappa shape index (κ3) is 2.64. The Balaban J connectivity index is 1.57. The summed E-state index contributed by atoms with van der Waals surface area (Å²) in [5.41, 5.74) is 1.39. The molecule has 1 aromatic carbocycles. The largest absolute Gasteiger partial charge is 0.490 e. The second-order valence-electron chi connectivity index (χ2n) is 6.15. The summed E-state index contributed by atoms with van der Waals surface area (Å²) in [7, 11) is 0. The zero-order chi connectivity index (χ0) is 13.2. The molecule has 0 radical (unpaired) electrons. The number of ether oxygens (including phenoxy) is 1. The molecule has 2 heteroatoms. The van der Waals surface area contributed by atoms with Crippen LogP contribution >= 0.6 is 0 Å². The lowest BCUT2D eigenvalue weighted by Gasteiger charge is -2.23. The first-order valence-corrected chi connectivity index (χ1v) is 7.76. The first kappa shape index (κ1) is 13.0. The van der Waals surface area contributed by atoms with E-state index in [1.54, 1.807) is 0 Å². The maximum Gasteiger partial charge on any atom is 0.123 e. The minimum atomic E-state index is 0.408. The number of hydrogen-bond acceptors (Lipinski definition) is 2. The van der Waals surface area contributed by atoms with Crippen LogP contribution in [0.5, 0.6) is 5.75 Å². The van der Waals surface area contributed by atoms with E-state index in [-0.39, 0.29) is 0 Å². The second-order valence-corrected chi connectivity index (χ2v) is 6.15. The van der Waals surface area contributed by atoms with E-state index in [1.165, 1.54) is 24.8 Å². The summed E-state index contributed by atoms with van der Waals surface area (Å²) < 4.78 is 6.09. The maximum atomic E-state index is 6.09. The van der Waals surface area contributed by atoms with Crippen LogP contribution in [0.2, 0.25) is 0 Å². The van der Waals surface area contributed by atoms with Gasteiger partial charge in [-0.1, -0.05) is 32.0 Å². The molecule has 1 heterocycles. The molecule has 1 aliphatic heterocycles. The zero-order valence-electron chi connectivity index (χ0n) is 12.1. The van der Waals surface area contributed by atoms with Crippen molar-refractivity contribution in [1.29, 1.82) is 0 Å². The number of benzene rings is 1. The standard InChI is InChI=1S/C17H25NO/c1-3-18-16-9-8-13(12(16)2)10-15-11-14-6-4-5-7-17(14)19-15/h4-7,12-13,15-16,18H,3,8-11H2,1-2H3. The Morgan fingerprint density at radius 2 is 2.11 bits per heavy atom. The molecule has 4 atom stereocenters. The summed E-state index contributed by atoms with van der Waals surface area (Å²) in [6.45, 7) is 5.71. The zero-order valence-corrected chi connectivity index (χ0v) is 12.1. The molecule has 1 aromatic rings. The number of nitrogens with one attached hydrogen (secondary N) is 1. The van der Waals surface area contributed by atoms with Crippen molar-refractivity contribution in [3.8, 4) is 5.75 Å². The predicted molar refractivity (Wildman–Crippen MR) is 78.5 cm³/mol. The van der Waals surface area contributed by atoms with Gasteiger partial charge in [-0.25, -0.2) is 0 Å². The number of rotatable bonds is 4. The van der Waals surface area contributed by atoms with Crippen molar-refractivity contribution in [2.75, 3.05) is 6.54 Å². The van der Waals surface area contributed by atoms with Gasteiger partial charge in [0.05, 0.1) is 0 Å². The van der Waals surface area contributed by atoms with Crippen LogP contribution < -0.4 is 10.1 Å². The van der Waals surface area contributed by atoms with E-state index < -0.39 is 0 Å². The Bertz CT molecular complexity index is 406. The van der Waals surface area contributed by atoms with E-state index in [4.69, 9.17) is 4.74 Å². The highest BCUT2D eigenvalue weighted by atomic mass is 16.5. The van der Waals surface area contributed by atoms with Crippen LogP contribution in [0, 0.1) is 11.8 Å². The van der Waals surface area contributed by atoms with Gasteiger partial charge in [-0.05, 0) is 49.3 Å². The van der Waals surface area contributed by atoms with Gasteiger partial charge in [0.25, 0.3) is 0 Å². The highest BCUT2D eigenvalue weighted by Crippen LogP contribution is 2.38. The molecule has 0 bridgehead atoms. The van der Waals surface area contributed by atoms with Crippen molar-refractivity contribution in [3.05, 3.63) is 29.8 Å². The minimum absolute atomic E-state index is 0.408. The summed E-state index contributed by atoms with van der Waals surface area (Å²) in [6, 6.07) is 9.22. The Morgan fingerprint density at radius 3 is 2.89 bits per heavy atom. The second kappa shape index (κ2) is 5.54. The van der Waals surface area contributed by atoms with E-state index >= 15 is 0 Å². The van der Waals surface area contributed by atoms with Gasteiger partial charge in [0.2, 0.25) is 0 Å². The van der Waals surface area contributed by atoms with Gasteiger partial charge in [-0.15, -0.1) is 0 Å². The molecule has 2 aliphatic rings. The number of fused-ring (bicyclic) bond motifs is 1. The Labute approximate surface area is 116 Å². The molecule has 0 spiro atoms. The molecule has 1 N–H and O–H groups in total. The molecule has 19 heavy (non-hydrogen) atoms. The van der Waals surface area contributed by atoms with Crippen LogP contribution in [0.25, 0.3) is 0 Å². The summed E-state index contributed by atoms with van der Waals surface area (Å²) in [4.78, 5) is 0. The molecule has 1 saturated carbocycles. The van der Waals surface area contributed by atoms with Crippen molar-refractivity contribution in [2.24, 2.45) is 11.8 Å². The third-order valence-corrected chi connectivity index (χ3v) is 4.97. The van der Waals surface area contributed by atoms with Crippen molar-refractivity contribution in [1.82, 2.24) is 5.32 Å². The average molecular weight is 259 g/mol. The molecule has 0 amide bonds. The summed E-state index contributed by atoms with van der Waals surface area (Å²) in [5, 5.41) is 3.63. The topological polar surface area (TPSA) is 21.3 Å². The van der Waals surface area contributed by atoms with Crippen LogP contribution in [0.15, 0.2) is 24.3 Å². The van der Waals surface area contributed by atoms with E-state index in [0.29, 0.717) is 6.10 Å². The van der Waals surface area contributed by atoms with Gasteiger partial charge >= 0.3 is 0 Å². The summed E-state index contributed by atoms with van der Waals surface area (Å²) >= 11 is 0. The normalized spacial score (nSPS) is 33.2. The lowest BCUT2D eigenvalue weighted by molar-refractivity contribution is 0.177. The van der Waals surface area contributed by atoms with Crippen molar-refractivity contribution >= 4 is 0 Å². The third-order valence-electron chi connectivity index (χ3n) is 4.97. The quantitative estimate of drug-likeness (QED) is 0.894. The SMILES string of the molecule is CCNC1CCC(CC2Cc3ccccc3O2)C1C. The molecule has 1 fully saturated rings. The smallest absolute Gasteiger partial charge is 0.123 e. The lowest BCUT2D eigenvalue weighted by atomic mass is 9.89. The lowest BCUT2D eigenvalue weighted by Crippen LogP contribution is -2.33. The van der Waals surface area contributed by atoms with Crippen molar-refractivity contribution in [3.63, 3.8) is 0 Å². The summed E-state index contributed by atoms with van der Waals surface area (Å²) in [6.07, 6.45) is 5.42.